The Morgan fingerprint density at radius 2 is 2.28 bits per heavy atom. The van der Waals surface area contributed by atoms with E-state index in [1.54, 1.807) is 6.07 Å². The lowest BCUT2D eigenvalue weighted by Gasteiger charge is -2.09. The minimum Gasteiger partial charge on any atom is -0.363 e. The van der Waals surface area contributed by atoms with Crippen LogP contribution in [-0.2, 0) is 19.4 Å². The van der Waals surface area contributed by atoms with Crippen molar-refractivity contribution < 1.29 is 0 Å². The maximum atomic E-state index is 12.0. The van der Waals surface area contributed by atoms with Crippen LogP contribution in [0.2, 0.25) is 0 Å². The van der Waals surface area contributed by atoms with Gasteiger partial charge in [0.2, 0.25) is 5.13 Å². The van der Waals surface area contributed by atoms with Crippen LogP contribution in [0, 0.1) is 0 Å². The van der Waals surface area contributed by atoms with Gasteiger partial charge in [0.05, 0.1) is 6.54 Å². The summed E-state index contributed by atoms with van der Waals surface area (Å²) in [6.45, 7) is 0.529. The fraction of sp³-hybridized carbons (Fsp3) is 0.417. The van der Waals surface area contributed by atoms with Crippen LogP contribution in [0.4, 0.5) is 5.13 Å². The van der Waals surface area contributed by atoms with Gasteiger partial charge in [-0.15, -0.1) is 10.2 Å². The molecule has 1 aliphatic carbocycles. The van der Waals surface area contributed by atoms with Gasteiger partial charge < -0.3 is 9.88 Å². The average molecular weight is 262 g/mol. The van der Waals surface area contributed by atoms with Crippen molar-refractivity contribution in [3.05, 3.63) is 38.8 Å². The van der Waals surface area contributed by atoms with Crippen molar-refractivity contribution in [3.63, 3.8) is 0 Å². The molecule has 0 fully saturated rings. The predicted molar refractivity (Wildman–Crippen MR) is 71.3 cm³/mol. The summed E-state index contributed by atoms with van der Waals surface area (Å²) >= 11 is 1.49. The van der Waals surface area contributed by atoms with E-state index in [4.69, 9.17) is 0 Å². The van der Waals surface area contributed by atoms with Crippen molar-refractivity contribution in [2.75, 3.05) is 12.4 Å². The molecule has 1 N–H and O–H groups in total. The predicted octanol–water partition coefficient (Wildman–Crippen LogP) is 1.28. The number of nitrogens with one attached hydrogen (secondary N) is 1. The summed E-state index contributed by atoms with van der Waals surface area (Å²) in [6, 6.07) is 3.62. The molecule has 0 unspecified atom stereocenters. The molecule has 0 saturated carbocycles. The molecule has 18 heavy (non-hydrogen) atoms. The zero-order chi connectivity index (χ0) is 12.5. The highest BCUT2D eigenvalue weighted by atomic mass is 32.1. The number of pyridine rings is 1. The molecule has 6 heteroatoms. The van der Waals surface area contributed by atoms with Gasteiger partial charge in [-0.2, -0.15) is 0 Å². The molecule has 3 rings (SSSR count). The van der Waals surface area contributed by atoms with E-state index >= 15 is 0 Å². The van der Waals surface area contributed by atoms with E-state index in [-0.39, 0.29) is 5.56 Å². The van der Waals surface area contributed by atoms with Crippen LogP contribution in [0.15, 0.2) is 16.9 Å². The summed E-state index contributed by atoms with van der Waals surface area (Å²) in [5.41, 5.74) is 2.52. The van der Waals surface area contributed by atoms with Crippen molar-refractivity contribution in [3.8, 4) is 0 Å². The molecule has 0 spiro atoms. The van der Waals surface area contributed by atoms with Gasteiger partial charge >= 0.3 is 0 Å². The second-order valence-electron chi connectivity index (χ2n) is 4.33. The molecule has 0 bridgehead atoms. The molecule has 0 radical (unpaired) electrons. The van der Waals surface area contributed by atoms with Crippen molar-refractivity contribution in [1.82, 2.24) is 14.8 Å². The third-order valence-corrected chi connectivity index (χ3v) is 4.15. The molecule has 94 valence electrons. The highest BCUT2D eigenvalue weighted by Gasteiger charge is 2.16. The number of hydrogen-bond acceptors (Lipinski definition) is 5. The summed E-state index contributed by atoms with van der Waals surface area (Å²) in [6.07, 6.45) is 3.20. The topological polar surface area (TPSA) is 59.8 Å². The smallest absolute Gasteiger partial charge is 0.251 e. The van der Waals surface area contributed by atoms with Crippen molar-refractivity contribution in [2.24, 2.45) is 0 Å². The minimum absolute atomic E-state index is 0.0526. The molecule has 0 aliphatic heterocycles. The van der Waals surface area contributed by atoms with E-state index in [1.165, 1.54) is 22.6 Å². The molecule has 0 aromatic carbocycles. The van der Waals surface area contributed by atoms with Crippen LogP contribution in [0.1, 0.15) is 22.7 Å². The quantitative estimate of drug-likeness (QED) is 0.905. The SMILES string of the molecule is CNc1nnc(Cn2c3c(ccc2=O)CCC3)s1. The average Bonchev–Trinajstić information content (AvgIpc) is 3.01. The first-order valence-electron chi connectivity index (χ1n) is 5.99. The van der Waals surface area contributed by atoms with Gasteiger partial charge in [-0.1, -0.05) is 17.4 Å². The lowest BCUT2D eigenvalue weighted by molar-refractivity contribution is 0.697. The second kappa shape index (κ2) is 4.53. The Kier molecular flexibility index (Phi) is 2.87. The van der Waals surface area contributed by atoms with E-state index < -0.39 is 0 Å². The summed E-state index contributed by atoms with van der Waals surface area (Å²) in [5, 5.41) is 12.7. The lowest BCUT2D eigenvalue weighted by atomic mass is 10.2. The molecule has 2 aromatic rings. The Bertz CT molecular complexity index is 631. The second-order valence-corrected chi connectivity index (χ2v) is 5.40. The van der Waals surface area contributed by atoms with Crippen molar-refractivity contribution >= 4 is 16.5 Å². The minimum atomic E-state index is 0.0526. The summed E-state index contributed by atoms with van der Waals surface area (Å²) in [5.74, 6) is 0. The first kappa shape index (κ1) is 11.4. The monoisotopic (exact) mass is 262 g/mol. The van der Waals surface area contributed by atoms with Gasteiger partial charge in [0.15, 0.2) is 0 Å². The number of nitrogens with zero attached hydrogens (tertiary/aromatic N) is 3. The van der Waals surface area contributed by atoms with Gasteiger partial charge in [-0.3, -0.25) is 4.79 Å². The summed E-state index contributed by atoms with van der Waals surface area (Å²) in [7, 11) is 1.82. The third-order valence-electron chi connectivity index (χ3n) is 3.22. The summed E-state index contributed by atoms with van der Waals surface area (Å²) in [4.78, 5) is 12.0. The molecule has 0 atom stereocenters. The lowest BCUT2D eigenvalue weighted by Crippen LogP contribution is -2.23. The molecule has 2 aromatic heterocycles. The Morgan fingerprint density at radius 3 is 3.06 bits per heavy atom. The van der Waals surface area contributed by atoms with Crippen LogP contribution in [0.3, 0.4) is 0 Å². The van der Waals surface area contributed by atoms with Crippen LogP contribution >= 0.6 is 11.3 Å². The molecule has 0 saturated heterocycles. The Balaban J connectivity index is 1.97. The largest absolute Gasteiger partial charge is 0.363 e. The number of rotatable bonds is 3. The first-order chi connectivity index (χ1) is 8.78. The van der Waals surface area contributed by atoms with Crippen molar-refractivity contribution in [1.29, 1.82) is 0 Å². The normalized spacial score (nSPS) is 13.6. The highest BCUT2D eigenvalue weighted by Crippen LogP contribution is 2.22. The van der Waals surface area contributed by atoms with Crippen LogP contribution in [-0.4, -0.2) is 21.8 Å². The van der Waals surface area contributed by atoms with Crippen LogP contribution in [0.5, 0.6) is 0 Å². The fourth-order valence-electron chi connectivity index (χ4n) is 2.36. The van der Waals surface area contributed by atoms with E-state index in [0.29, 0.717) is 6.54 Å². The molecular formula is C12H14N4OS. The maximum absolute atomic E-state index is 12.0. The van der Waals surface area contributed by atoms with Crippen LogP contribution < -0.4 is 10.9 Å². The fourth-order valence-corrected chi connectivity index (χ4v) is 3.04. The molecular weight excluding hydrogens is 248 g/mol. The number of aromatic nitrogens is 3. The van der Waals surface area contributed by atoms with Crippen molar-refractivity contribution in [2.45, 2.75) is 25.8 Å². The third kappa shape index (κ3) is 1.92. The first-order valence-corrected chi connectivity index (χ1v) is 6.81. The van der Waals surface area contributed by atoms with Gasteiger partial charge in [0, 0.05) is 18.8 Å². The standard InChI is InChI=1S/C12H14N4OS/c1-13-12-15-14-10(18-12)7-16-9-4-2-3-8(9)5-6-11(16)17/h5-6H,2-4,7H2,1H3,(H,13,15). The number of anilines is 1. The van der Waals surface area contributed by atoms with E-state index in [2.05, 4.69) is 15.5 Å². The number of fused-ring (bicyclic) bond motifs is 1. The van der Waals surface area contributed by atoms with Gasteiger partial charge in [-0.25, -0.2) is 0 Å². The van der Waals surface area contributed by atoms with Gasteiger partial charge in [-0.05, 0) is 24.8 Å². The Labute approximate surface area is 108 Å². The molecule has 5 nitrogen and oxygen atoms in total. The molecule has 1 aliphatic rings. The van der Waals surface area contributed by atoms with E-state index in [9.17, 15) is 4.79 Å². The zero-order valence-corrected chi connectivity index (χ0v) is 11.0. The maximum Gasteiger partial charge on any atom is 0.251 e. The Morgan fingerprint density at radius 1 is 1.39 bits per heavy atom. The van der Waals surface area contributed by atoms with Gasteiger partial charge in [0.25, 0.3) is 5.56 Å². The van der Waals surface area contributed by atoms with Crippen LogP contribution in [0.25, 0.3) is 0 Å². The number of hydrogen-bond donors (Lipinski definition) is 1. The van der Waals surface area contributed by atoms with E-state index in [0.717, 1.165) is 29.4 Å². The summed E-state index contributed by atoms with van der Waals surface area (Å²) < 4.78 is 1.84. The molecule has 2 heterocycles. The van der Waals surface area contributed by atoms with Gasteiger partial charge in [0.1, 0.15) is 5.01 Å². The number of aryl methyl sites for hydroxylation is 1. The highest BCUT2D eigenvalue weighted by molar-refractivity contribution is 7.15. The zero-order valence-electron chi connectivity index (χ0n) is 10.1. The van der Waals surface area contributed by atoms with E-state index in [1.807, 2.05) is 17.7 Å². The molecule has 0 amide bonds. The Hall–Kier alpha value is -1.69.